The van der Waals surface area contributed by atoms with Crippen LogP contribution in [-0.4, -0.2) is 22.0 Å². The van der Waals surface area contributed by atoms with Gasteiger partial charge >= 0.3 is 5.97 Å². The molecular formula is C18H24N2O3S. The van der Waals surface area contributed by atoms with Crippen LogP contribution < -0.4 is 5.32 Å². The van der Waals surface area contributed by atoms with Crippen molar-refractivity contribution in [3.8, 4) is 0 Å². The Morgan fingerprint density at radius 2 is 1.92 bits per heavy atom. The van der Waals surface area contributed by atoms with Crippen molar-refractivity contribution in [3.05, 3.63) is 28.2 Å². The summed E-state index contributed by atoms with van der Waals surface area (Å²) in [4.78, 5) is 28.9. The standard InChI is InChI=1S/C18H24N2O3S/c1-9(16-20-12(8-24-16)18(2,3)4)19-15(21)13-10-5-6-11(7-10)14(13)17(22)23/h5-6,8-11,13-14H,7H2,1-4H3,(H,19,21)(H,22,23)/t9-,10-,11-,13-,14+/m0/s1. The summed E-state index contributed by atoms with van der Waals surface area (Å²) in [6.45, 7) is 8.22. The number of carboxylic acids is 1. The van der Waals surface area contributed by atoms with Crippen molar-refractivity contribution >= 4 is 23.2 Å². The van der Waals surface area contributed by atoms with Crippen LogP contribution in [0.5, 0.6) is 0 Å². The Morgan fingerprint density at radius 3 is 2.46 bits per heavy atom. The van der Waals surface area contributed by atoms with Crippen molar-refractivity contribution < 1.29 is 14.7 Å². The van der Waals surface area contributed by atoms with E-state index in [-0.39, 0.29) is 29.2 Å². The number of nitrogens with zero attached hydrogens (tertiary/aromatic N) is 1. The van der Waals surface area contributed by atoms with Gasteiger partial charge in [-0.3, -0.25) is 9.59 Å². The van der Waals surface area contributed by atoms with Gasteiger partial charge < -0.3 is 10.4 Å². The third-order valence-electron chi connectivity index (χ3n) is 5.07. The number of fused-ring (bicyclic) bond motifs is 2. The summed E-state index contributed by atoms with van der Waals surface area (Å²) in [7, 11) is 0. The van der Waals surface area contributed by atoms with Crippen molar-refractivity contribution in [1.82, 2.24) is 10.3 Å². The summed E-state index contributed by atoms with van der Waals surface area (Å²) in [5.41, 5.74) is 0.984. The van der Waals surface area contributed by atoms with Gasteiger partial charge in [0.15, 0.2) is 0 Å². The van der Waals surface area contributed by atoms with Gasteiger partial charge in [-0.25, -0.2) is 4.98 Å². The monoisotopic (exact) mass is 348 g/mol. The van der Waals surface area contributed by atoms with Crippen molar-refractivity contribution in [1.29, 1.82) is 0 Å². The molecule has 1 amide bonds. The van der Waals surface area contributed by atoms with Gasteiger partial charge in [-0.2, -0.15) is 0 Å². The van der Waals surface area contributed by atoms with Gasteiger partial charge in [-0.1, -0.05) is 32.9 Å². The van der Waals surface area contributed by atoms with Gasteiger partial charge in [-0.15, -0.1) is 11.3 Å². The van der Waals surface area contributed by atoms with Gasteiger partial charge in [0.2, 0.25) is 5.91 Å². The number of carboxylic acid groups (broad SMARTS) is 1. The Labute approximate surface area is 146 Å². The lowest BCUT2D eigenvalue weighted by Gasteiger charge is -2.25. The molecule has 5 nitrogen and oxygen atoms in total. The number of rotatable bonds is 4. The zero-order valence-corrected chi connectivity index (χ0v) is 15.3. The Kier molecular flexibility index (Phi) is 4.28. The van der Waals surface area contributed by atoms with Crippen LogP contribution in [0.25, 0.3) is 0 Å². The van der Waals surface area contributed by atoms with Gasteiger partial charge in [0, 0.05) is 10.8 Å². The molecule has 2 aliphatic carbocycles. The summed E-state index contributed by atoms with van der Waals surface area (Å²) in [5, 5.41) is 15.3. The van der Waals surface area contributed by atoms with Gasteiger partial charge in [0.1, 0.15) is 5.01 Å². The van der Waals surface area contributed by atoms with E-state index >= 15 is 0 Å². The van der Waals surface area contributed by atoms with Crippen molar-refractivity contribution in [3.63, 3.8) is 0 Å². The SMILES string of the molecule is C[C@H](NC(=O)[C@@H]1[C@H](C(=O)O)[C@H]2C=C[C@H]1C2)c1nc(C(C)(C)C)cs1. The second-order valence-electron chi connectivity index (χ2n) is 7.89. The number of nitrogens with one attached hydrogen (secondary N) is 1. The summed E-state index contributed by atoms with van der Waals surface area (Å²) in [5.74, 6) is -2.07. The number of amides is 1. The minimum Gasteiger partial charge on any atom is -0.481 e. The lowest BCUT2D eigenvalue weighted by molar-refractivity contribution is -0.148. The number of aromatic nitrogens is 1. The number of hydrogen-bond acceptors (Lipinski definition) is 4. The Morgan fingerprint density at radius 1 is 1.29 bits per heavy atom. The number of aliphatic carboxylic acids is 1. The highest BCUT2D eigenvalue weighted by Gasteiger charge is 2.51. The first-order valence-corrected chi connectivity index (χ1v) is 9.24. The molecule has 2 aliphatic rings. The summed E-state index contributed by atoms with van der Waals surface area (Å²) in [6.07, 6.45) is 4.72. The zero-order valence-electron chi connectivity index (χ0n) is 14.4. The molecule has 1 aromatic rings. The summed E-state index contributed by atoms with van der Waals surface area (Å²) >= 11 is 1.54. The fourth-order valence-corrected chi connectivity index (χ4v) is 4.77. The largest absolute Gasteiger partial charge is 0.481 e. The molecule has 0 saturated heterocycles. The first kappa shape index (κ1) is 17.1. The van der Waals surface area contributed by atoms with E-state index in [0.717, 1.165) is 17.1 Å². The maximum Gasteiger partial charge on any atom is 0.307 e. The molecule has 24 heavy (non-hydrogen) atoms. The molecule has 0 unspecified atom stereocenters. The number of carbonyl (C=O) groups excluding carboxylic acids is 1. The minimum atomic E-state index is -0.871. The molecule has 0 aliphatic heterocycles. The molecule has 0 spiro atoms. The fourth-order valence-electron chi connectivity index (χ4n) is 3.72. The first-order valence-electron chi connectivity index (χ1n) is 8.36. The molecule has 3 rings (SSSR count). The Bertz CT molecular complexity index is 689. The Balaban J connectivity index is 1.71. The van der Waals surface area contributed by atoms with E-state index < -0.39 is 17.8 Å². The van der Waals surface area contributed by atoms with Crippen LogP contribution in [-0.2, 0) is 15.0 Å². The molecule has 6 heteroatoms. The van der Waals surface area contributed by atoms with E-state index in [0.29, 0.717) is 0 Å². The average molecular weight is 348 g/mol. The smallest absolute Gasteiger partial charge is 0.307 e. The van der Waals surface area contributed by atoms with E-state index in [2.05, 4.69) is 31.1 Å². The molecule has 0 aromatic carbocycles. The molecule has 130 valence electrons. The van der Waals surface area contributed by atoms with Gasteiger partial charge in [0.25, 0.3) is 0 Å². The van der Waals surface area contributed by atoms with E-state index in [1.807, 2.05) is 24.5 Å². The highest BCUT2D eigenvalue weighted by Crippen LogP contribution is 2.48. The predicted molar refractivity (Wildman–Crippen MR) is 92.7 cm³/mol. The number of hydrogen-bond donors (Lipinski definition) is 2. The van der Waals surface area contributed by atoms with E-state index in [4.69, 9.17) is 0 Å². The van der Waals surface area contributed by atoms with E-state index in [1.165, 1.54) is 11.3 Å². The van der Waals surface area contributed by atoms with Crippen LogP contribution in [0.1, 0.15) is 50.9 Å². The fraction of sp³-hybridized carbons (Fsp3) is 0.611. The second-order valence-corrected chi connectivity index (χ2v) is 8.78. The van der Waals surface area contributed by atoms with E-state index in [1.54, 1.807) is 0 Å². The highest BCUT2D eigenvalue weighted by atomic mass is 32.1. The third kappa shape index (κ3) is 2.99. The molecule has 2 N–H and O–H groups in total. The minimum absolute atomic E-state index is 0.00841. The zero-order chi connectivity index (χ0) is 17.6. The average Bonchev–Trinajstić information content (AvgIpc) is 3.20. The van der Waals surface area contributed by atoms with Gasteiger partial charge in [-0.05, 0) is 25.2 Å². The highest BCUT2D eigenvalue weighted by molar-refractivity contribution is 7.09. The maximum atomic E-state index is 12.7. The lowest BCUT2D eigenvalue weighted by Crippen LogP contribution is -2.41. The number of carbonyl (C=O) groups is 2. The molecule has 2 bridgehead atoms. The number of allylic oxidation sites excluding steroid dienone is 2. The third-order valence-corrected chi connectivity index (χ3v) is 6.09. The van der Waals surface area contributed by atoms with Crippen LogP contribution in [0.4, 0.5) is 0 Å². The lowest BCUT2D eigenvalue weighted by atomic mass is 9.82. The Hall–Kier alpha value is -1.69. The quantitative estimate of drug-likeness (QED) is 0.819. The molecule has 1 fully saturated rings. The van der Waals surface area contributed by atoms with Crippen LogP contribution in [0, 0.1) is 23.7 Å². The van der Waals surface area contributed by atoms with Crippen LogP contribution in [0.3, 0.4) is 0 Å². The van der Waals surface area contributed by atoms with Crippen LogP contribution in [0.2, 0.25) is 0 Å². The second kappa shape index (κ2) is 5.99. The van der Waals surface area contributed by atoms with Gasteiger partial charge in [0.05, 0.1) is 23.6 Å². The molecule has 1 heterocycles. The number of thiazole rings is 1. The molecular weight excluding hydrogens is 324 g/mol. The van der Waals surface area contributed by atoms with Crippen LogP contribution >= 0.6 is 11.3 Å². The van der Waals surface area contributed by atoms with Crippen molar-refractivity contribution in [2.75, 3.05) is 0 Å². The first-order chi connectivity index (χ1) is 11.2. The summed E-state index contributed by atoms with van der Waals surface area (Å²) in [6, 6.07) is -0.212. The van der Waals surface area contributed by atoms with Crippen LogP contribution in [0.15, 0.2) is 17.5 Å². The maximum absolute atomic E-state index is 12.7. The molecule has 0 radical (unpaired) electrons. The topological polar surface area (TPSA) is 79.3 Å². The normalized spacial score (nSPS) is 29.7. The molecule has 1 saturated carbocycles. The van der Waals surface area contributed by atoms with Crippen molar-refractivity contribution in [2.24, 2.45) is 23.7 Å². The predicted octanol–water partition coefficient (Wildman–Crippen LogP) is 3.14. The summed E-state index contributed by atoms with van der Waals surface area (Å²) < 4.78 is 0. The molecule has 5 atom stereocenters. The molecule has 1 aromatic heterocycles. The van der Waals surface area contributed by atoms with E-state index in [9.17, 15) is 14.7 Å². The van der Waals surface area contributed by atoms with Crippen molar-refractivity contribution in [2.45, 2.75) is 45.6 Å².